The molecule has 0 heterocycles. The monoisotopic (exact) mass is 296 g/mol. The first-order valence-electron chi connectivity index (χ1n) is 7.54. The predicted molar refractivity (Wildman–Crippen MR) is 77.8 cm³/mol. The van der Waals surface area contributed by atoms with Crippen molar-refractivity contribution in [3.8, 4) is 0 Å². The number of carbonyl (C=O) groups excluding carboxylic acids is 1. The molecule has 0 aromatic heterocycles. The van der Waals surface area contributed by atoms with Crippen LogP contribution in [0.15, 0.2) is 18.2 Å². The van der Waals surface area contributed by atoms with Gasteiger partial charge in [-0.25, -0.2) is 8.78 Å². The molecule has 1 unspecified atom stereocenters. The average Bonchev–Trinajstić information content (AvgIpc) is 2.91. The summed E-state index contributed by atoms with van der Waals surface area (Å²) in [5.74, 6) is -1.13. The molecular formula is C16H22F2N2O. The van der Waals surface area contributed by atoms with Crippen molar-refractivity contribution in [1.82, 2.24) is 10.6 Å². The summed E-state index contributed by atoms with van der Waals surface area (Å²) in [7, 11) is 0. The molecule has 0 radical (unpaired) electrons. The van der Waals surface area contributed by atoms with Crippen molar-refractivity contribution < 1.29 is 13.6 Å². The minimum absolute atomic E-state index is 0.00407. The summed E-state index contributed by atoms with van der Waals surface area (Å²) >= 11 is 0. The maximum atomic E-state index is 13.6. The Hall–Kier alpha value is -1.49. The number of rotatable bonds is 6. The SMILES string of the molecule is CC(NCCC(=O)NC1CCCC1)c1c(F)cccc1F. The molecular weight excluding hydrogens is 274 g/mol. The predicted octanol–water partition coefficient (Wildman–Crippen LogP) is 3.06. The average molecular weight is 296 g/mol. The largest absolute Gasteiger partial charge is 0.353 e. The van der Waals surface area contributed by atoms with Gasteiger partial charge in [0.1, 0.15) is 11.6 Å². The summed E-state index contributed by atoms with van der Waals surface area (Å²) in [6.07, 6.45) is 4.77. The Morgan fingerprint density at radius 2 is 1.90 bits per heavy atom. The van der Waals surface area contributed by atoms with Crippen LogP contribution in [0.5, 0.6) is 0 Å². The van der Waals surface area contributed by atoms with Gasteiger partial charge in [0.15, 0.2) is 0 Å². The van der Waals surface area contributed by atoms with Gasteiger partial charge in [0.05, 0.1) is 0 Å². The zero-order valence-electron chi connectivity index (χ0n) is 12.3. The van der Waals surface area contributed by atoms with E-state index in [0.29, 0.717) is 19.0 Å². The molecule has 1 aromatic carbocycles. The third kappa shape index (κ3) is 4.49. The van der Waals surface area contributed by atoms with E-state index in [9.17, 15) is 13.6 Å². The van der Waals surface area contributed by atoms with Gasteiger partial charge in [-0.15, -0.1) is 0 Å². The van der Waals surface area contributed by atoms with E-state index in [2.05, 4.69) is 10.6 Å². The molecule has 116 valence electrons. The number of benzene rings is 1. The van der Waals surface area contributed by atoms with Crippen molar-refractivity contribution in [1.29, 1.82) is 0 Å². The van der Waals surface area contributed by atoms with Gasteiger partial charge in [-0.3, -0.25) is 4.79 Å². The van der Waals surface area contributed by atoms with Crippen molar-refractivity contribution in [2.45, 2.75) is 51.1 Å². The molecule has 0 saturated heterocycles. The molecule has 0 bridgehead atoms. The Labute approximate surface area is 124 Å². The highest BCUT2D eigenvalue weighted by Crippen LogP contribution is 2.20. The molecule has 1 aromatic rings. The van der Waals surface area contributed by atoms with E-state index in [1.165, 1.54) is 31.0 Å². The minimum atomic E-state index is -0.564. The van der Waals surface area contributed by atoms with E-state index in [0.717, 1.165) is 12.8 Å². The zero-order valence-corrected chi connectivity index (χ0v) is 12.3. The van der Waals surface area contributed by atoms with Crippen LogP contribution in [0.25, 0.3) is 0 Å². The van der Waals surface area contributed by atoms with Gasteiger partial charge in [0.25, 0.3) is 0 Å². The summed E-state index contributed by atoms with van der Waals surface area (Å²) in [5, 5.41) is 5.98. The fraction of sp³-hybridized carbons (Fsp3) is 0.562. The second-order valence-electron chi connectivity index (χ2n) is 5.61. The lowest BCUT2D eigenvalue weighted by atomic mass is 10.1. The molecule has 3 nitrogen and oxygen atoms in total. The Morgan fingerprint density at radius 1 is 1.29 bits per heavy atom. The van der Waals surface area contributed by atoms with Crippen LogP contribution in [0.4, 0.5) is 8.78 Å². The molecule has 1 atom stereocenters. The highest BCUT2D eigenvalue weighted by molar-refractivity contribution is 5.76. The standard InChI is InChI=1S/C16H22F2N2O/c1-11(16-13(17)7-4-8-14(16)18)19-10-9-15(21)20-12-5-2-3-6-12/h4,7-8,11-12,19H,2-3,5-6,9-10H2,1H3,(H,20,21). The lowest BCUT2D eigenvalue weighted by Gasteiger charge is -2.16. The second kappa shape index (κ2) is 7.50. The molecule has 1 amide bonds. The topological polar surface area (TPSA) is 41.1 Å². The van der Waals surface area contributed by atoms with Crippen LogP contribution in [-0.2, 0) is 4.79 Å². The van der Waals surface area contributed by atoms with Gasteiger partial charge < -0.3 is 10.6 Å². The van der Waals surface area contributed by atoms with Crippen molar-refractivity contribution in [2.75, 3.05) is 6.54 Å². The number of amides is 1. The Morgan fingerprint density at radius 3 is 2.52 bits per heavy atom. The quantitative estimate of drug-likeness (QED) is 0.847. The third-order valence-corrected chi connectivity index (χ3v) is 3.96. The Bertz CT molecular complexity index is 467. The van der Waals surface area contributed by atoms with E-state index in [1.54, 1.807) is 6.92 Å². The van der Waals surface area contributed by atoms with Crippen molar-refractivity contribution in [3.05, 3.63) is 35.4 Å². The molecule has 2 rings (SSSR count). The number of carbonyl (C=O) groups is 1. The van der Waals surface area contributed by atoms with Gasteiger partial charge in [0.2, 0.25) is 5.91 Å². The Balaban J connectivity index is 1.76. The van der Waals surface area contributed by atoms with Gasteiger partial charge in [-0.1, -0.05) is 18.9 Å². The van der Waals surface area contributed by atoms with Gasteiger partial charge in [-0.2, -0.15) is 0 Å². The maximum absolute atomic E-state index is 13.6. The number of halogens is 2. The fourth-order valence-corrected chi connectivity index (χ4v) is 2.80. The Kier molecular flexibility index (Phi) is 5.67. The molecule has 0 aliphatic heterocycles. The van der Waals surface area contributed by atoms with Gasteiger partial charge >= 0.3 is 0 Å². The summed E-state index contributed by atoms with van der Waals surface area (Å²) in [5.41, 5.74) is 0.0219. The van der Waals surface area contributed by atoms with Crippen LogP contribution in [0, 0.1) is 11.6 Å². The first-order chi connectivity index (χ1) is 10.1. The van der Waals surface area contributed by atoms with E-state index in [1.807, 2.05) is 0 Å². The van der Waals surface area contributed by atoms with Crippen LogP contribution >= 0.6 is 0 Å². The smallest absolute Gasteiger partial charge is 0.221 e. The minimum Gasteiger partial charge on any atom is -0.353 e. The molecule has 5 heteroatoms. The molecule has 1 aliphatic rings. The van der Waals surface area contributed by atoms with E-state index in [4.69, 9.17) is 0 Å². The van der Waals surface area contributed by atoms with E-state index in [-0.39, 0.29) is 11.5 Å². The lowest BCUT2D eigenvalue weighted by molar-refractivity contribution is -0.121. The number of hydrogen-bond acceptors (Lipinski definition) is 2. The van der Waals surface area contributed by atoms with Gasteiger partial charge in [0, 0.05) is 30.6 Å². The molecule has 1 aliphatic carbocycles. The highest BCUT2D eigenvalue weighted by atomic mass is 19.1. The highest BCUT2D eigenvalue weighted by Gasteiger charge is 2.18. The van der Waals surface area contributed by atoms with Gasteiger partial charge in [-0.05, 0) is 31.9 Å². The second-order valence-corrected chi connectivity index (χ2v) is 5.61. The molecule has 1 saturated carbocycles. The van der Waals surface area contributed by atoms with E-state index >= 15 is 0 Å². The summed E-state index contributed by atoms with van der Waals surface area (Å²) in [4.78, 5) is 11.8. The maximum Gasteiger partial charge on any atom is 0.221 e. The van der Waals surface area contributed by atoms with Crippen molar-refractivity contribution in [3.63, 3.8) is 0 Å². The zero-order chi connectivity index (χ0) is 15.2. The third-order valence-electron chi connectivity index (χ3n) is 3.96. The van der Waals surface area contributed by atoms with E-state index < -0.39 is 17.7 Å². The number of hydrogen-bond donors (Lipinski definition) is 2. The van der Waals surface area contributed by atoms with Crippen molar-refractivity contribution >= 4 is 5.91 Å². The summed E-state index contributed by atoms with van der Waals surface area (Å²) < 4.78 is 27.2. The van der Waals surface area contributed by atoms with Crippen LogP contribution in [0.3, 0.4) is 0 Å². The summed E-state index contributed by atoms with van der Waals surface area (Å²) in [6, 6.07) is 3.66. The van der Waals surface area contributed by atoms with Crippen molar-refractivity contribution in [2.24, 2.45) is 0 Å². The van der Waals surface area contributed by atoms with Crippen LogP contribution in [0.1, 0.15) is 50.6 Å². The molecule has 1 fully saturated rings. The molecule has 2 N–H and O–H groups in total. The van der Waals surface area contributed by atoms with Crippen LogP contribution in [-0.4, -0.2) is 18.5 Å². The fourth-order valence-electron chi connectivity index (χ4n) is 2.80. The first kappa shape index (κ1) is 15.9. The molecule has 0 spiro atoms. The molecule has 21 heavy (non-hydrogen) atoms. The van der Waals surface area contributed by atoms with Crippen LogP contribution < -0.4 is 10.6 Å². The lowest BCUT2D eigenvalue weighted by Crippen LogP contribution is -2.35. The normalized spacial score (nSPS) is 16.9. The van der Waals surface area contributed by atoms with Crippen LogP contribution in [0.2, 0.25) is 0 Å². The summed E-state index contributed by atoms with van der Waals surface area (Å²) in [6.45, 7) is 2.09. The first-order valence-corrected chi connectivity index (χ1v) is 7.54. The number of nitrogens with one attached hydrogen (secondary N) is 2.